The fourth-order valence-corrected chi connectivity index (χ4v) is 2.74. The molecule has 2 aromatic rings. The standard InChI is InChI=1S/C15H18FNO/c1-15(16,12-6-4-8-17-10-12)14-9-11-5-2-3-7-13(11)18-14/h2-3,5,7,9,12,17H,4,6,8,10H2,1H3. The van der Waals surface area contributed by atoms with Gasteiger partial charge in [-0.25, -0.2) is 4.39 Å². The van der Waals surface area contributed by atoms with Crippen LogP contribution in [0.2, 0.25) is 0 Å². The van der Waals surface area contributed by atoms with Crippen molar-refractivity contribution >= 4 is 11.0 Å². The van der Waals surface area contributed by atoms with Crippen molar-refractivity contribution in [3.63, 3.8) is 0 Å². The molecule has 0 spiro atoms. The molecule has 1 aromatic carbocycles. The van der Waals surface area contributed by atoms with Gasteiger partial charge in [0, 0.05) is 17.8 Å². The van der Waals surface area contributed by atoms with E-state index < -0.39 is 5.67 Å². The van der Waals surface area contributed by atoms with E-state index in [-0.39, 0.29) is 5.92 Å². The van der Waals surface area contributed by atoms with E-state index in [0.29, 0.717) is 5.76 Å². The van der Waals surface area contributed by atoms with E-state index in [1.807, 2.05) is 30.3 Å². The maximum absolute atomic E-state index is 15.0. The molecule has 1 saturated heterocycles. The SMILES string of the molecule is CC(F)(c1cc2ccccc2o1)C1CCCNC1. The summed E-state index contributed by atoms with van der Waals surface area (Å²) in [5, 5.41) is 4.24. The lowest BCUT2D eigenvalue weighted by Gasteiger charge is -2.32. The molecule has 0 aliphatic carbocycles. The number of benzene rings is 1. The quantitative estimate of drug-likeness (QED) is 0.876. The zero-order chi connectivity index (χ0) is 12.6. The number of halogens is 1. The number of hydrogen-bond donors (Lipinski definition) is 1. The van der Waals surface area contributed by atoms with Crippen LogP contribution in [-0.4, -0.2) is 13.1 Å². The summed E-state index contributed by atoms with van der Waals surface area (Å²) >= 11 is 0. The Morgan fingerprint density at radius 2 is 2.22 bits per heavy atom. The van der Waals surface area contributed by atoms with Crippen LogP contribution in [0.15, 0.2) is 34.7 Å². The van der Waals surface area contributed by atoms with Crippen LogP contribution in [0.25, 0.3) is 11.0 Å². The van der Waals surface area contributed by atoms with Crippen LogP contribution in [-0.2, 0) is 5.67 Å². The number of nitrogens with one attached hydrogen (secondary N) is 1. The molecule has 2 unspecified atom stereocenters. The third-order valence-electron chi connectivity index (χ3n) is 3.97. The van der Waals surface area contributed by atoms with Gasteiger partial charge in [0.15, 0.2) is 5.67 Å². The predicted molar refractivity (Wildman–Crippen MR) is 70.3 cm³/mol. The zero-order valence-corrected chi connectivity index (χ0v) is 10.6. The molecule has 2 heterocycles. The molecule has 2 atom stereocenters. The number of piperidine rings is 1. The molecule has 1 N–H and O–H groups in total. The Labute approximate surface area is 106 Å². The first-order valence-electron chi connectivity index (χ1n) is 6.56. The van der Waals surface area contributed by atoms with Gasteiger partial charge in [-0.3, -0.25) is 0 Å². The number of furan rings is 1. The van der Waals surface area contributed by atoms with Crippen molar-refractivity contribution in [2.24, 2.45) is 5.92 Å². The summed E-state index contributed by atoms with van der Waals surface area (Å²) in [6.07, 6.45) is 1.95. The van der Waals surface area contributed by atoms with Crippen LogP contribution in [0.3, 0.4) is 0 Å². The number of rotatable bonds is 2. The number of fused-ring (bicyclic) bond motifs is 1. The van der Waals surface area contributed by atoms with Crippen molar-refractivity contribution in [2.45, 2.75) is 25.4 Å². The van der Waals surface area contributed by atoms with E-state index >= 15 is 4.39 Å². The van der Waals surface area contributed by atoms with Crippen molar-refractivity contribution in [3.05, 3.63) is 36.1 Å². The van der Waals surface area contributed by atoms with Gasteiger partial charge in [-0.2, -0.15) is 0 Å². The van der Waals surface area contributed by atoms with Crippen LogP contribution in [0.4, 0.5) is 4.39 Å². The molecule has 1 fully saturated rings. The summed E-state index contributed by atoms with van der Waals surface area (Å²) in [6.45, 7) is 3.36. The summed E-state index contributed by atoms with van der Waals surface area (Å²) in [7, 11) is 0. The maximum Gasteiger partial charge on any atom is 0.169 e. The average Bonchev–Trinajstić information content (AvgIpc) is 2.84. The van der Waals surface area contributed by atoms with E-state index in [4.69, 9.17) is 4.42 Å². The van der Waals surface area contributed by atoms with E-state index in [9.17, 15) is 0 Å². The fraction of sp³-hybridized carbons (Fsp3) is 0.467. The summed E-state index contributed by atoms with van der Waals surface area (Å²) in [6, 6.07) is 9.53. The smallest absolute Gasteiger partial charge is 0.169 e. The first kappa shape index (κ1) is 11.7. The van der Waals surface area contributed by atoms with E-state index in [1.54, 1.807) is 6.92 Å². The molecule has 0 bridgehead atoms. The Bertz CT molecular complexity index is 507. The van der Waals surface area contributed by atoms with Gasteiger partial charge in [0.05, 0.1) is 0 Å². The second-order valence-corrected chi connectivity index (χ2v) is 5.27. The largest absolute Gasteiger partial charge is 0.458 e. The molecule has 1 aliphatic heterocycles. The second-order valence-electron chi connectivity index (χ2n) is 5.27. The fourth-order valence-electron chi connectivity index (χ4n) is 2.74. The highest BCUT2D eigenvalue weighted by atomic mass is 19.1. The lowest BCUT2D eigenvalue weighted by molar-refractivity contribution is 0.0591. The minimum atomic E-state index is -1.40. The van der Waals surface area contributed by atoms with Crippen LogP contribution in [0.1, 0.15) is 25.5 Å². The normalized spacial score (nSPS) is 24.0. The van der Waals surface area contributed by atoms with Gasteiger partial charge in [-0.15, -0.1) is 0 Å². The number of alkyl halides is 1. The van der Waals surface area contributed by atoms with Gasteiger partial charge in [0.1, 0.15) is 11.3 Å². The molecule has 2 nitrogen and oxygen atoms in total. The van der Waals surface area contributed by atoms with Gasteiger partial charge < -0.3 is 9.73 Å². The Kier molecular flexibility index (Phi) is 2.86. The minimum absolute atomic E-state index is 0.00758. The molecule has 0 saturated carbocycles. The van der Waals surface area contributed by atoms with E-state index in [0.717, 1.165) is 36.9 Å². The molecular weight excluding hydrogens is 229 g/mol. The third kappa shape index (κ3) is 1.93. The molecule has 0 radical (unpaired) electrons. The Balaban J connectivity index is 1.96. The second kappa shape index (κ2) is 4.39. The van der Waals surface area contributed by atoms with Gasteiger partial charge in [-0.05, 0) is 38.4 Å². The lowest BCUT2D eigenvalue weighted by Crippen LogP contribution is -2.39. The topological polar surface area (TPSA) is 25.2 Å². The van der Waals surface area contributed by atoms with Crippen molar-refractivity contribution in [1.82, 2.24) is 5.32 Å². The maximum atomic E-state index is 15.0. The van der Waals surface area contributed by atoms with Crippen molar-refractivity contribution in [3.8, 4) is 0 Å². The Morgan fingerprint density at radius 1 is 1.39 bits per heavy atom. The molecule has 3 rings (SSSR count). The Hall–Kier alpha value is -1.35. The highest BCUT2D eigenvalue weighted by Crippen LogP contribution is 2.39. The predicted octanol–water partition coefficient (Wildman–Crippen LogP) is 3.62. The van der Waals surface area contributed by atoms with Gasteiger partial charge >= 0.3 is 0 Å². The Morgan fingerprint density at radius 3 is 2.94 bits per heavy atom. The minimum Gasteiger partial charge on any atom is -0.458 e. The van der Waals surface area contributed by atoms with Crippen molar-refractivity contribution < 1.29 is 8.81 Å². The third-order valence-corrected chi connectivity index (χ3v) is 3.97. The molecule has 3 heteroatoms. The molecule has 96 valence electrons. The van der Waals surface area contributed by atoms with Gasteiger partial charge in [-0.1, -0.05) is 18.2 Å². The molecular formula is C15H18FNO. The summed E-state index contributed by atoms with van der Waals surface area (Å²) in [5.41, 5.74) is -0.632. The summed E-state index contributed by atoms with van der Waals surface area (Å²) < 4.78 is 20.7. The van der Waals surface area contributed by atoms with Crippen LogP contribution in [0.5, 0.6) is 0 Å². The highest BCUT2D eigenvalue weighted by molar-refractivity contribution is 5.77. The molecule has 18 heavy (non-hydrogen) atoms. The first-order chi connectivity index (χ1) is 8.68. The monoisotopic (exact) mass is 247 g/mol. The van der Waals surface area contributed by atoms with E-state index in [1.165, 1.54) is 0 Å². The van der Waals surface area contributed by atoms with Gasteiger partial charge in [0.25, 0.3) is 0 Å². The van der Waals surface area contributed by atoms with Crippen molar-refractivity contribution in [1.29, 1.82) is 0 Å². The number of hydrogen-bond acceptors (Lipinski definition) is 2. The lowest BCUT2D eigenvalue weighted by atomic mass is 9.83. The highest BCUT2D eigenvalue weighted by Gasteiger charge is 2.39. The summed E-state index contributed by atoms with van der Waals surface area (Å²) in [4.78, 5) is 0. The molecule has 1 aromatic heterocycles. The number of para-hydroxylation sites is 1. The first-order valence-corrected chi connectivity index (χ1v) is 6.56. The zero-order valence-electron chi connectivity index (χ0n) is 10.6. The molecule has 0 amide bonds. The van der Waals surface area contributed by atoms with Crippen LogP contribution in [0, 0.1) is 5.92 Å². The van der Waals surface area contributed by atoms with Crippen molar-refractivity contribution in [2.75, 3.05) is 13.1 Å². The summed E-state index contributed by atoms with van der Waals surface area (Å²) in [5.74, 6) is 0.448. The van der Waals surface area contributed by atoms with Crippen LogP contribution < -0.4 is 5.32 Å². The van der Waals surface area contributed by atoms with Crippen LogP contribution >= 0.6 is 0 Å². The molecule has 1 aliphatic rings. The average molecular weight is 247 g/mol. The van der Waals surface area contributed by atoms with E-state index in [2.05, 4.69) is 5.32 Å². The van der Waals surface area contributed by atoms with Gasteiger partial charge in [0.2, 0.25) is 0 Å².